The van der Waals surface area contributed by atoms with E-state index in [4.69, 9.17) is 4.74 Å². The molecular formula is C12H17NO. The van der Waals surface area contributed by atoms with Crippen molar-refractivity contribution in [2.24, 2.45) is 0 Å². The second kappa shape index (κ2) is 4.01. The molecule has 0 spiro atoms. The zero-order valence-corrected chi connectivity index (χ0v) is 8.79. The van der Waals surface area contributed by atoms with Crippen molar-refractivity contribution in [1.82, 2.24) is 5.32 Å². The molecule has 14 heavy (non-hydrogen) atoms. The predicted molar refractivity (Wildman–Crippen MR) is 57.8 cm³/mol. The highest BCUT2D eigenvalue weighted by molar-refractivity contribution is 5.29. The van der Waals surface area contributed by atoms with Gasteiger partial charge in [0, 0.05) is 13.1 Å². The fourth-order valence-corrected chi connectivity index (χ4v) is 1.47. The van der Waals surface area contributed by atoms with Crippen LogP contribution in [0.4, 0.5) is 0 Å². The summed E-state index contributed by atoms with van der Waals surface area (Å²) < 4.78 is 5.72. The maximum Gasteiger partial charge on any atom is 0.123 e. The molecule has 2 heteroatoms. The lowest BCUT2D eigenvalue weighted by atomic mass is 10.0. The van der Waals surface area contributed by atoms with Crippen molar-refractivity contribution in [3.8, 4) is 5.75 Å². The minimum absolute atomic E-state index is 0.375. The summed E-state index contributed by atoms with van der Waals surface area (Å²) in [5, 5.41) is 3.19. The number of rotatable bonds is 3. The minimum Gasteiger partial charge on any atom is -0.488 e. The third-order valence-corrected chi connectivity index (χ3v) is 2.59. The van der Waals surface area contributed by atoms with Crippen LogP contribution < -0.4 is 10.1 Å². The van der Waals surface area contributed by atoms with Gasteiger partial charge in [0.2, 0.25) is 0 Å². The van der Waals surface area contributed by atoms with Crippen molar-refractivity contribution >= 4 is 0 Å². The van der Waals surface area contributed by atoms with Gasteiger partial charge in [-0.3, -0.25) is 0 Å². The molecular weight excluding hydrogens is 174 g/mol. The zero-order valence-electron chi connectivity index (χ0n) is 8.79. The van der Waals surface area contributed by atoms with Gasteiger partial charge in [0.05, 0.1) is 0 Å². The zero-order chi connectivity index (χ0) is 9.97. The Labute approximate surface area is 85.3 Å². The molecule has 1 aliphatic heterocycles. The first kappa shape index (κ1) is 9.53. The van der Waals surface area contributed by atoms with Gasteiger partial charge in [0.25, 0.3) is 0 Å². The van der Waals surface area contributed by atoms with Crippen LogP contribution in [0.1, 0.15) is 25.3 Å². The molecule has 2 nitrogen and oxygen atoms in total. The molecule has 0 aromatic heterocycles. The van der Waals surface area contributed by atoms with Gasteiger partial charge in [-0.25, -0.2) is 0 Å². The number of ether oxygens (including phenoxy) is 1. The van der Waals surface area contributed by atoms with E-state index in [2.05, 4.69) is 43.4 Å². The van der Waals surface area contributed by atoms with E-state index in [1.54, 1.807) is 0 Å². The Balaban J connectivity index is 1.98. The van der Waals surface area contributed by atoms with Crippen LogP contribution in [0, 0.1) is 0 Å². The van der Waals surface area contributed by atoms with Gasteiger partial charge in [0.15, 0.2) is 0 Å². The van der Waals surface area contributed by atoms with Crippen LogP contribution in [0.25, 0.3) is 0 Å². The van der Waals surface area contributed by atoms with Crippen LogP contribution in [-0.4, -0.2) is 19.2 Å². The van der Waals surface area contributed by atoms with Gasteiger partial charge in [0.1, 0.15) is 11.9 Å². The lowest BCUT2D eigenvalue weighted by Gasteiger charge is -2.27. The highest BCUT2D eigenvalue weighted by atomic mass is 16.5. The van der Waals surface area contributed by atoms with Crippen LogP contribution in [-0.2, 0) is 0 Å². The molecule has 0 atom stereocenters. The number of hydrogen-bond acceptors (Lipinski definition) is 2. The van der Waals surface area contributed by atoms with E-state index in [0.29, 0.717) is 12.0 Å². The fourth-order valence-electron chi connectivity index (χ4n) is 1.47. The molecule has 1 aliphatic rings. The Morgan fingerprint density at radius 2 is 1.86 bits per heavy atom. The molecule has 1 fully saturated rings. The quantitative estimate of drug-likeness (QED) is 0.790. The van der Waals surface area contributed by atoms with Crippen molar-refractivity contribution in [2.45, 2.75) is 25.9 Å². The highest BCUT2D eigenvalue weighted by Gasteiger charge is 2.17. The fraction of sp³-hybridized carbons (Fsp3) is 0.500. The summed E-state index contributed by atoms with van der Waals surface area (Å²) >= 11 is 0. The van der Waals surface area contributed by atoms with E-state index >= 15 is 0 Å². The topological polar surface area (TPSA) is 21.3 Å². The first-order chi connectivity index (χ1) is 6.75. The lowest BCUT2D eigenvalue weighted by molar-refractivity contribution is 0.142. The molecule has 0 bridgehead atoms. The number of nitrogens with one attached hydrogen (secondary N) is 1. The Morgan fingerprint density at radius 3 is 2.29 bits per heavy atom. The average Bonchev–Trinajstić information content (AvgIpc) is 2.12. The molecule has 2 rings (SSSR count). The van der Waals surface area contributed by atoms with Crippen LogP contribution >= 0.6 is 0 Å². The van der Waals surface area contributed by atoms with E-state index in [-0.39, 0.29) is 0 Å². The monoisotopic (exact) mass is 191 g/mol. The summed E-state index contributed by atoms with van der Waals surface area (Å²) in [6, 6.07) is 8.42. The Bertz CT molecular complexity index is 288. The number of hydrogen-bond donors (Lipinski definition) is 1. The smallest absolute Gasteiger partial charge is 0.123 e. The van der Waals surface area contributed by atoms with E-state index in [0.717, 1.165) is 18.8 Å². The van der Waals surface area contributed by atoms with Crippen LogP contribution in [0.15, 0.2) is 24.3 Å². The van der Waals surface area contributed by atoms with E-state index in [1.165, 1.54) is 5.56 Å². The van der Waals surface area contributed by atoms with Gasteiger partial charge < -0.3 is 10.1 Å². The Kier molecular flexibility index (Phi) is 2.73. The minimum atomic E-state index is 0.375. The molecule has 1 saturated heterocycles. The predicted octanol–water partition coefficient (Wildman–Crippen LogP) is 2.16. The van der Waals surface area contributed by atoms with Crippen molar-refractivity contribution in [1.29, 1.82) is 0 Å². The number of benzene rings is 1. The Morgan fingerprint density at radius 1 is 1.21 bits per heavy atom. The van der Waals surface area contributed by atoms with Gasteiger partial charge >= 0.3 is 0 Å². The molecule has 1 aromatic rings. The van der Waals surface area contributed by atoms with Gasteiger partial charge in [-0.15, -0.1) is 0 Å². The van der Waals surface area contributed by atoms with Gasteiger partial charge in [-0.2, -0.15) is 0 Å². The third-order valence-electron chi connectivity index (χ3n) is 2.59. The normalized spacial score (nSPS) is 16.8. The molecule has 0 unspecified atom stereocenters. The molecule has 1 heterocycles. The van der Waals surface area contributed by atoms with Gasteiger partial charge in [-0.05, 0) is 23.6 Å². The second-order valence-corrected chi connectivity index (χ2v) is 4.12. The highest BCUT2D eigenvalue weighted by Crippen LogP contribution is 2.19. The maximum absolute atomic E-state index is 5.72. The standard InChI is InChI=1S/C12H17NO/c1-9(2)10-3-5-11(6-4-10)14-12-7-13-8-12/h3-6,9,12-13H,7-8H2,1-2H3. The molecule has 0 amide bonds. The van der Waals surface area contributed by atoms with E-state index in [9.17, 15) is 0 Å². The SMILES string of the molecule is CC(C)c1ccc(OC2CNC2)cc1. The van der Waals surface area contributed by atoms with Crippen LogP contribution in [0.2, 0.25) is 0 Å². The van der Waals surface area contributed by atoms with Crippen molar-refractivity contribution < 1.29 is 4.74 Å². The van der Waals surface area contributed by atoms with Crippen LogP contribution in [0.5, 0.6) is 5.75 Å². The summed E-state index contributed by atoms with van der Waals surface area (Å²) in [5.74, 6) is 1.58. The largest absolute Gasteiger partial charge is 0.488 e. The maximum atomic E-state index is 5.72. The molecule has 0 saturated carbocycles. The summed E-state index contributed by atoms with van der Waals surface area (Å²) in [5.41, 5.74) is 1.36. The summed E-state index contributed by atoms with van der Waals surface area (Å²) in [7, 11) is 0. The first-order valence-electron chi connectivity index (χ1n) is 5.23. The van der Waals surface area contributed by atoms with Gasteiger partial charge in [-0.1, -0.05) is 26.0 Å². The average molecular weight is 191 g/mol. The van der Waals surface area contributed by atoms with Crippen molar-refractivity contribution in [2.75, 3.05) is 13.1 Å². The third kappa shape index (κ3) is 2.07. The molecule has 0 aliphatic carbocycles. The van der Waals surface area contributed by atoms with E-state index in [1.807, 2.05) is 0 Å². The van der Waals surface area contributed by atoms with Crippen LogP contribution in [0.3, 0.4) is 0 Å². The van der Waals surface area contributed by atoms with Crippen molar-refractivity contribution in [3.63, 3.8) is 0 Å². The second-order valence-electron chi connectivity index (χ2n) is 4.12. The Hall–Kier alpha value is -1.02. The van der Waals surface area contributed by atoms with Crippen molar-refractivity contribution in [3.05, 3.63) is 29.8 Å². The molecule has 1 aromatic carbocycles. The lowest BCUT2D eigenvalue weighted by Crippen LogP contribution is -2.50. The summed E-state index contributed by atoms with van der Waals surface area (Å²) in [4.78, 5) is 0. The first-order valence-corrected chi connectivity index (χ1v) is 5.23. The summed E-state index contributed by atoms with van der Waals surface area (Å²) in [6.07, 6.45) is 0.375. The molecule has 76 valence electrons. The van der Waals surface area contributed by atoms with E-state index < -0.39 is 0 Å². The summed E-state index contributed by atoms with van der Waals surface area (Å²) in [6.45, 7) is 6.36. The molecule has 0 radical (unpaired) electrons. The molecule has 1 N–H and O–H groups in total.